The van der Waals surface area contributed by atoms with Crippen molar-refractivity contribution in [2.75, 3.05) is 19.7 Å². The predicted molar refractivity (Wildman–Crippen MR) is 84.7 cm³/mol. The van der Waals surface area contributed by atoms with Crippen molar-refractivity contribution in [3.63, 3.8) is 0 Å². The highest BCUT2D eigenvalue weighted by Crippen LogP contribution is 2.32. The van der Waals surface area contributed by atoms with Crippen LogP contribution in [0.1, 0.15) is 50.7 Å². The maximum atomic E-state index is 6.33. The first-order valence-corrected chi connectivity index (χ1v) is 8.44. The van der Waals surface area contributed by atoms with Crippen LogP contribution in [0.5, 0.6) is 5.75 Å². The minimum absolute atomic E-state index is 0.181. The summed E-state index contributed by atoms with van der Waals surface area (Å²) in [7, 11) is 0. The van der Waals surface area contributed by atoms with Gasteiger partial charge in [0.05, 0.1) is 18.8 Å². The Balaban J connectivity index is 1.56. The molecule has 0 aromatic heterocycles. The van der Waals surface area contributed by atoms with Gasteiger partial charge in [0.1, 0.15) is 5.75 Å². The lowest BCUT2D eigenvalue weighted by molar-refractivity contribution is -0.0489. The monoisotopic (exact) mass is 289 g/mol. The molecule has 21 heavy (non-hydrogen) atoms. The lowest BCUT2D eigenvalue weighted by atomic mass is 9.98. The minimum Gasteiger partial charge on any atom is -0.494 e. The van der Waals surface area contributed by atoms with Crippen LogP contribution >= 0.6 is 0 Å². The van der Waals surface area contributed by atoms with E-state index in [2.05, 4.69) is 17.4 Å². The molecule has 3 rings (SSSR count). The van der Waals surface area contributed by atoms with Gasteiger partial charge in [-0.3, -0.25) is 0 Å². The zero-order chi connectivity index (χ0) is 14.5. The van der Waals surface area contributed by atoms with Gasteiger partial charge in [0, 0.05) is 13.1 Å². The number of hydrogen-bond acceptors (Lipinski definition) is 3. The van der Waals surface area contributed by atoms with Crippen LogP contribution in [-0.4, -0.2) is 25.8 Å². The zero-order valence-electron chi connectivity index (χ0n) is 13.0. The smallest absolute Gasteiger partial charge is 0.119 e. The summed E-state index contributed by atoms with van der Waals surface area (Å²) in [4.78, 5) is 0. The fraction of sp³-hybridized carbons (Fsp3) is 0.667. The van der Waals surface area contributed by atoms with Gasteiger partial charge < -0.3 is 14.8 Å². The molecule has 1 aromatic rings. The van der Waals surface area contributed by atoms with Crippen molar-refractivity contribution in [2.24, 2.45) is 5.92 Å². The van der Waals surface area contributed by atoms with Crippen LogP contribution in [0.4, 0.5) is 0 Å². The normalized spacial score (nSPS) is 26.9. The Morgan fingerprint density at radius 2 is 1.90 bits per heavy atom. The summed E-state index contributed by atoms with van der Waals surface area (Å²) in [5.41, 5.74) is 1.25. The highest BCUT2D eigenvalue weighted by Gasteiger charge is 2.27. The molecule has 2 unspecified atom stereocenters. The van der Waals surface area contributed by atoms with Gasteiger partial charge in [-0.25, -0.2) is 0 Å². The van der Waals surface area contributed by atoms with E-state index >= 15 is 0 Å². The Bertz CT molecular complexity index is 425. The Labute approximate surface area is 128 Å². The Morgan fingerprint density at radius 1 is 1.14 bits per heavy atom. The molecule has 1 saturated carbocycles. The highest BCUT2D eigenvalue weighted by atomic mass is 16.5. The van der Waals surface area contributed by atoms with Crippen molar-refractivity contribution < 1.29 is 9.47 Å². The number of rotatable bonds is 5. The summed E-state index contributed by atoms with van der Waals surface area (Å²) in [5, 5.41) is 3.54. The molecule has 1 N–H and O–H groups in total. The molecule has 2 aliphatic rings. The molecule has 0 amide bonds. The topological polar surface area (TPSA) is 30.5 Å². The minimum atomic E-state index is 0.181. The maximum Gasteiger partial charge on any atom is 0.119 e. The second kappa shape index (κ2) is 7.28. The number of morpholine rings is 1. The summed E-state index contributed by atoms with van der Waals surface area (Å²) < 4.78 is 11.8. The van der Waals surface area contributed by atoms with Crippen LogP contribution in [0, 0.1) is 5.92 Å². The van der Waals surface area contributed by atoms with E-state index in [0.717, 1.165) is 24.8 Å². The van der Waals surface area contributed by atoms with Crippen molar-refractivity contribution in [1.82, 2.24) is 5.32 Å². The number of ether oxygens (including phenoxy) is 2. The molecule has 2 atom stereocenters. The Hall–Kier alpha value is -1.06. The third-order valence-corrected chi connectivity index (χ3v) is 4.69. The van der Waals surface area contributed by atoms with Gasteiger partial charge >= 0.3 is 0 Å². The second-order valence-electron chi connectivity index (χ2n) is 6.29. The van der Waals surface area contributed by atoms with E-state index in [0.29, 0.717) is 12.7 Å². The van der Waals surface area contributed by atoms with Crippen LogP contribution < -0.4 is 10.1 Å². The molecule has 1 heterocycles. The third-order valence-electron chi connectivity index (χ3n) is 4.69. The van der Waals surface area contributed by atoms with Gasteiger partial charge in [-0.15, -0.1) is 0 Å². The molecule has 0 spiro atoms. The van der Waals surface area contributed by atoms with Crippen molar-refractivity contribution in [3.05, 3.63) is 29.8 Å². The molecule has 0 bridgehead atoms. The lowest BCUT2D eigenvalue weighted by Crippen LogP contribution is -2.41. The average molecular weight is 289 g/mol. The molecule has 3 heteroatoms. The van der Waals surface area contributed by atoms with Crippen LogP contribution in [0.25, 0.3) is 0 Å². The highest BCUT2D eigenvalue weighted by molar-refractivity contribution is 5.29. The fourth-order valence-corrected chi connectivity index (χ4v) is 3.60. The Kier molecular flexibility index (Phi) is 5.15. The van der Waals surface area contributed by atoms with Crippen LogP contribution in [0.3, 0.4) is 0 Å². The lowest BCUT2D eigenvalue weighted by Gasteiger charge is -2.32. The van der Waals surface area contributed by atoms with E-state index in [1.54, 1.807) is 0 Å². The summed E-state index contributed by atoms with van der Waals surface area (Å²) >= 11 is 0. The molecule has 116 valence electrons. The van der Waals surface area contributed by atoms with Gasteiger partial charge in [-0.05, 0) is 37.0 Å². The molecule has 2 fully saturated rings. The zero-order valence-corrected chi connectivity index (χ0v) is 13.0. The van der Waals surface area contributed by atoms with Crippen molar-refractivity contribution in [2.45, 2.75) is 51.2 Å². The SMILES string of the molecule is CCOc1ccc(C2CNCC(CC3CCCC3)O2)cc1. The van der Waals surface area contributed by atoms with E-state index < -0.39 is 0 Å². The fourth-order valence-electron chi connectivity index (χ4n) is 3.60. The quantitative estimate of drug-likeness (QED) is 0.896. The van der Waals surface area contributed by atoms with Gasteiger partial charge in [-0.1, -0.05) is 37.8 Å². The first-order valence-electron chi connectivity index (χ1n) is 8.44. The number of nitrogens with one attached hydrogen (secondary N) is 1. The molecule has 1 saturated heterocycles. The molecule has 1 aliphatic carbocycles. The van der Waals surface area contributed by atoms with E-state index in [4.69, 9.17) is 9.47 Å². The predicted octanol–water partition coefficient (Wildman–Crippen LogP) is 3.70. The van der Waals surface area contributed by atoms with Gasteiger partial charge in [-0.2, -0.15) is 0 Å². The number of hydrogen-bond donors (Lipinski definition) is 1. The third kappa shape index (κ3) is 3.98. The second-order valence-corrected chi connectivity index (χ2v) is 6.29. The van der Waals surface area contributed by atoms with E-state index in [9.17, 15) is 0 Å². The van der Waals surface area contributed by atoms with Crippen molar-refractivity contribution >= 4 is 0 Å². The molecule has 1 aliphatic heterocycles. The maximum absolute atomic E-state index is 6.33. The van der Waals surface area contributed by atoms with E-state index in [1.165, 1.54) is 37.7 Å². The molecule has 0 radical (unpaired) electrons. The van der Waals surface area contributed by atoms with Crippen LogP contribution in [-0.2, 0) is 4.74 Å². The van der Waals surface area contributed by atoms with Gasteiger partial charge in [0.15, 0.2) is 0 Å². The molecule has 3 nitrogen and oxygen atoms in total. The Morgan fingerprint density at radius 3 is 2.62 bits per heavy atom. The summed E-state index contributed by atoms with van der Waals surface area (Å²) in [6.45, 7) is 4.64. The molecular weight excluding hydrogens is 262 g/mol. The van der Waals surface area contributed by atoms with Crippen molar-refractivity contribution in [1.29, 1.82) is 0 Å². The van der Waals surface area contributed by atoms with E-state index in [1.807, 2.05) is 19.1 Å². The summed E-state index contributed by atoms with van der Waals surface area (Å²) in [6.07, 6.45) is 7.39. The number of benzene rings is 1. The van der Waals surface area contributed by atoms with Crippen LogP contribution in [0.15, 0.2) is 24.3 Å². The van der Waals surface area contributed by atoms with Gasteiger partial charge in [0.25, 0.3) is 0 Å². The van der Waals surface area contributed by atoms with E-state index in [-0.39, 0.29) is 6.10 Å². The largest absolute Gasteiger partial charge is 0.494 e. The van der Waals surface area contributed by atoms with Crippen molar-refractivity contribution in [3.8, 4) is 5.75 Å². The first-order chi connectivity index (χ1) is 10.3. The molecular formula is C18H27NO2. The molecule has 1 aromatic carbocycles. The van der Waals surface area contributed by atoms with Crippen LogP contribution in [0.2, 0.25) is 0 Å². The summed E-state index contributed by atoms with van der Waals surface area (Å²) in [6, 6.07) is 8.36. The standard InChI is InChI=1S/C18H27NO2/c1-2-20-16-9-7-15(8-10-16)18-13-19-12-17(21-18)11-14-5-3-4-6-14/h7-10,14,17-19H,2-6,11-13H2,1H3. The first kappa shape index (κ1) is 14.9. The summed E-state index contributed by atoms with van der Waals surface area (Å²) in [5.74, 6) is 1.82. The van der Waals surface area contributed by atoms with Gasteiger partial charge in [0.2, 0.25) is 0 Å². The average Bonchev–Trinajstić information content (AvgIpc) is 3.02.